The highest BCUT2D eigenvalue weighted by Crippen LogP contribution is 2.33. The van der Waals surface area contributed by atoms with E-state index in [4.69, 9.17) is 4.74 Å². The smallest absolute Gasteiger partial charge is 0.0586 e. The molecular weight excluding hydrogens is 240 g/mol. The van der Waals surface area contributed by atoms with Crippen molar-refractivity contribution in [3.8, 4) is 0 Å². The van der Waals surface area contributed by atoms with Gasteiger partial charge in [-0.1, -0.05) is 0 Å². The molecule has 0 radical (unpaired) electrons. The fraction of sp³-hybridized carbons (Fsp3) is 1.00. The molecule has 0 spiro atoms. The molecule has 2 heterocycles. The van der Waals surface area contributed by atoms with Crippen LogP contribution in [0, 0.1) is 5.41 Å². The summed E-state index contributed by atoms with van der Waals surface area (Å²) in [6, 6.07) is 1.16. The van der Waals surface area contributed by atoms with Crippen molar-refractivity contribution in [2.75, 3.05) is 39.5 Å². The van der Waals surface area contributed by atoms with E-state index in [1.807, 2.05) is 0 Å². The molecule has 1 aliphatic carbocycles. The normalized spacial score (nSPS) is 36.8. The Morgan fingerprint density at radius 1 is 1.26 bits per heavy atom. The molecule has 2 unspecified atom stereocenters. The third-order valence-corrected chi connectivity index (χ3v) is 5.00. The van der Waals surface area contributed by atoms with Gasteiger partial charge in [0.15, 0.2) is 0 Å². The van der Waals surface area contributed by atoms with Crippen LogP contribution in [0.25, 0.3) is 0 Å². The van der Waals surface area contributed by atoms with Crippen LogP contribution in [0.2, 0.25) is 0 Å². The second kappa shape index (κ2) is 6.08. The predicted molar refractivity (Wildman–Crippen MR) is 75.2 cm³/mol. The highest BCUT2D eigenvalue weighted by Gasteiger charge is 2.38. The first kappa shape index (κ1) is 13.8. The standard InChI is InChI=1S/C15H28N2O2/c18-9-14-3-1-7-17(14)11-15(6-2-8-19-12-15)10-16-13-4-5-13/h13-14,16,18H,1-12H2. The second-order valence-corrected chi connectivity index (χ2v) is 6.76. The van der Waals surface area contributed by atoms with Crippen molar-refractivity contribution in [2.45, 2.75) is 50.6 Å². The molecule has 4 nitrogen and oxygen atoms in total. The SMILES string of the molecule is OCC1CCCN1CC1(CNC2CC2)CCCOC1. The summed E-state index contributed by atoms with van der Waals surface area (Å²) < 4.78 is 5.79. The zero-order valence-corrected chi connectivity index (χ0v) is 11.9. The number of ether oxygens (including phenoxy) is 1. The number of aliphatic hydroxyl groups excluding tert-OH is 1. The van der Waals surface area contributed by atoms with Crippen molar-refractivity contribution < 1.29 is 9.84 Å². The quantitative estimate of drug-likeness (QED) is 0.754. The summed E-state index contributed by atoms with van der Waals surface area (Å²) in [7, 11) is 0. The molecule has 2 saturated heterocycles. The predicted octanol–water partition coefficient (Wildman–Crippen LogP) is 0.992. The zero-order valence-electron chi connectivity index (χ0n) is 11.9. The summed E-state index contributed by atoms with van der Waals surface area (Å²) in [6.07, 6.45) is 7.53. The first-order valence-electron chi connectivity index (χ1n) is 7.97. The fourth-order valence-electron chi connectivity index (χ4n) is 3.62. The van der Waals surface area contributed by atoms with Crippen LogP contribution in [0.5, 0.6) is 0 Å². The molecule has 4 heteroatoms. The minimum absolute atomic E-state index is 0.276. The minimum Gasteiger partial charge on any atom is -0.395 e. The van der Waals surface area contributed by atoms with Crippen LogP contribution in [0.3, 0.4) is 0 Å². The van der Waals surface area contributed by atoms with Gasteiger partial charge in [0, 0.05) is 37.2 Å². The van der Waals surface area contributed by atoms with E-state index in [1.54, 1.807) is 0 Å². The topological polar surface area (TPSA) is 44.7 Å². The van der Waals surface area contributed by atoms with Crippen LogP contribution in [0.4, 0.5) is 0 Å². The van der Waals surface area contributed by atoms with Crippen LogP contribution < -0.4 is 5.32 Å². The van der Waals surface area contributed by atoms with Crippen LogP contribution in [-0.2, 0) is 4.74 Å². The van der Waals surface area contributed by atoms with Gasteiger partial charge >= 0.3 is 0 Å². The van der Waals surface area contributed by atoms with E-state index in [9.17, 15) is 5.11 Å². The fourth-order valence-corrected chi connectivity index (χ4v) is 3.62. The Hall–Kier alpha value is -0.160. The highest BCUT2D eigenvalue weighted by molar-refractivity contribution is 4.93. The van der Waals surface area contributed by atoms with Crippen LogP contribution in [-0.4, -0.2) is 61.5 Å². The minimum atomic E-state index is 0.276. The number of nitrogens with one attached hydrogen (secondary N) is 1. The van der Waals surface area contributed by atoms with E-state index in [1.165, 1.54) is 32.1 Å². The molecule has 110 valence electrons. The highest BCUT2D eigenvalue weighted by atomic mass is 16.5. The molecule has 0 bridgehead atoms. The van der Waals surface area contributed by atoms with Gasteiger partial charge in [-0.2, -0.15) is 0 Å². The number of aliphatic hydroxyl groups is 1. The molecule has 0 aromatic carbocycles. The Bertz CT molecular complexity index is 288. The van der Waals surface area contributed by atoms with Crippen LogP contribution in [0.1, 0.15) is 38.5 Å². The van der Waals surface area contributed by atoms with Gasteiger partial charge in [-0.3, -0.25) is 4.90 Å². The Labute approximate surface area is 116 Å². The van der Waals surface area contributed by atoms with E-state index in [0.717, 1.165) is 45.3 Å². The van der Waals surface area contributed by atoms with E-state index in [0.29, 0.717) is 12.6 Å². The molecule has 3 fully saturated rings. The van der Waals surface area contributed by atoms with Crippen molar-refractivity contribution in [1.29, 1.82) is 0 Å². The summed E-state index contributed by atoms with van der Waals surface area (Å²) >= 11 is 0. The summed E-state index contributed by atoms with van der Waals surface area (Å²) in [4.78, 5) is 2.50. The Balaban J connectivity index is 1.60. The van der Waals surface area contributed by atoms with Crippen molar-refractivity contribution >= 4 is 0 Å². The lowest BCUT2D eigenvalue weighted by molar-refractivity contribution is -0.0312. The monoisotopic (exact) mass is 268 g/mol. The first-order valence-corrected chi connectivity index (χ1v) is 7.97. The summed E-state index contributed by atoms with van der Waals surface area (Å²) in [6.45, 7) is 5.46. The Morgan fingerprint density at radius 2 is 2.16 bits per heavy atom. The maximum Gasteiger partial charge on any atom is 0.0586 e. The number of hydrogen-bond donors (Lipinski definition) is 2. The second-order valence-electron chi connectivity index (χ2n) is 6.76. The third-order valence-electron chi connectivity index (χ3n) is 5.00. The molecule has 0 amide bonds. The molecule has 3 rings (SSSR count). The van der Waals surface area contributed by atoms with Gasteiger partial charge in [0.25, 0.3) is 0 Å². The summed E-state index contributed by atoms with van der Waals surface area (Å²) in [5.74, 6) is 0. The average Bonchev–Trinajstić information content (AvgIpc) is 3.17. The lowest BCUT2D eigenvalue weighted by Crippen LogP contribution is -2.50. The van der Waals surface area contributed by atoms with Crippen molar-refractivity contribution in [3.05, 3.63) is 0 Å². The average molecular weight is 268 g/mol. The molecule has 3 aliphatic rings. The van der Waals surface area contributed by atoms with Gasteiger partial charge in [0.2, 0.25) is 0 Å². The third kappa shape index (κ3) is 3.48. The maximum absolute atomic E-state index is 9.49. The molecule has 0 aromatic rings. The zero-order chi connectivity index (χ0) is 13.1. The molecular formula is C15H28N2O2. The van der Waals surface area contributed by atoms with E-state index < -0.39 is 0 Å². The lowest BCUT2D eigenvalue weighted by Gasteiger charge is -2.41. The van der Waals surface area contributed by atoms with Gasteiger partial charge in [-0.05, 0) is 45.1 Å². The Kier molecular flexibility index (Phi) is 4.42. The number of rotatable bonds is 6. The van der Waals surface area contributed by atoms with E-state index in [2.05, 4.69) is 10.2 Å². The van der Waals surface area contributed by atoms with Gasteiger partial charge < -0.3 is 15.2 Å². The van der Waals surface area contributed by atoms with E-state index in [-0.39, 0.29) is 5.41 Å². The summed E-state index contributed by atoms with van der Waals surface area (Å²) in [5, 5.41) is 13.2. The van der Waals surface area contributed by atoms with Crippen molar-refractivity contribution in [3.63, 3.8) is 0 Å². The van der Waals surface area contributed by atoms with Gasteiger partial charge in [0.05, 0.1) is 13.2 Å². The first-order chi connectivity index (χ1) is 9.31. The molecule has 2 aliphatic heterocycles. The van der Waals surface area contributed by atoms with Gasteiger partial charge in [-0.15, -0.1) is 0 Å². The van der Waals surface area contributed by atoms with Crippen molar-refractivity contribution in [1.82, 2.24) is 10.2 Å². The summed E-state index contributed by atoms with van der Waals surface area (Å²) in [5.41, 5.74) is 0.276. The van der Waals surface area contributed by atoms with Gasteiger partial charge in [-0.25, -0.2) is 0 Å². The Morgan fingerprint density at radius 3 is 2.84 bits per heavy atom. The maximum atomic E-state index is 9.49. The molecule has 0 aromatic heterocycles. The molecule has 1 saturated carbocycles. The molecule has 19 heavy (non-hydrogen) atoms. The van der Waals surface area contributed by atoms with E-state index >= 15 is 0 Å². The number of nitrogens with zero attached hydrogens (tertiary/aromatic N) is 1. The van der Waals surface area contributed by atoms with Crippen LogP contribution in [0.15, 0.2) is 0 Å². The molecule has 2 N–H and O–H groups in total. The largest absolute Gasteiger partial charge is 0.395 e. The lowest BCUT2D eigenvalue weighted by atomic mass is 9.81. The van der Waals surface area contributed by atoms with Gasteiger partial charge in [0.1, 0.15) is 0 Å². The number of likely N-dealkylation sites (tertiary alicyclic amines) is 1. The van der Waals surface area contributed by atoms with Crippen molar-refractivity contribution in [2.24, 2.45) is 5.41 Å². The number of hydrogen-bond acceptors (Lipinski definition) is 4. The molecule has 2 atom stereocenters. The van der Waals surface area contributed by atoms with Crippen LogP contribution >= 0.6 is 0 Å².